The number of nitro benzene ring substituents is 1. The fourth-order valence-corrected chi connectivity index (χ4v) is 3.74. The first-order chi connectivity index (χ1) is 11.9. The number of ether oxygens (including phenoxy) is 1. The van der Waals surface area contributed by atoms with E-state index in [0.29, 0.717) is 5.75 Å². The Labute approximate surface area is 156 Å². The fraction of sp³-hybridized carbons (Fsp3) is 0.333. The summed E-state index contributed by atoms with van der Waals surface area (Å²) in [6, 6.07) is 6.44. The third-order valence-corrected chi connectivity index (χ3v) is 4.92. The third-order valence-electron chi connectivity index (χ3n) is 4.35. The topological polar surface area (TPSA) is 55.6 Å². The monoisotopic (exact) mass is 380 g/mol. The van der Waals surface area contributed by atoms with Crippen LogP contribution >= 0.6 is 23.2 Å². The minimum atomic E-state index is -0.532. The quantitative estimate of drug-likeness (QED) is 0.508. The Morgan fingerprint density at radius 3 is 2.24 bits per heavy atom. The van der Waals surface area contributed by atoms with Crippen molar-refractivity contribution in [1.82, 2.24) is 0 Å². The Morgan fingerprint density at radius 1 is 1.08 bits per heavy atom. The summed E-state index contributed by atoms with van der Waals surface area (Å²) < 4.78 is 6.00. The second kappa shape index (κ2) is 7.10. The van der Waals surface area contributed by atoms with E-state index in [0.717, 1.165) is 31.2 Å². The Balaban J connectivity index is 2.03. The summed E-state index contributed by atoms with van der Waals surface area (Å²) in [5.41, 5.74) is 3.46. The van der Waals surface area contributed by atoms with Gasteiger partial charge in [-0.1, -0.05) is 23.2 Å². The molecule has 0 spiro atoms. The van der Waals surface area contributed by atoms with E-state index in [4.69, 9.17) is 27.9 Å². The van der Waals surface area contributed by atoms with Gasteiger partial charge in [-0.25, -0.2) is 0 Å². The van der Waals surface area contributed by atoms with Crippen LogP contribution in [0.25, 0.3) is 0 Å². The highest BCUT2D eigenvalue weighted by atomic mass is 35.5. The number of hydrogen-bond acceptors (Lipinski definition) is 4. The van der Waals surface area contributed by atoms with Crippen molar-refractivity contribution in [2.75, 3.05) is 19.0 Å². The molecule has 1 aliphatic carbocycles. The normalized spacial score (nSPS) is 13.3. The molecule has 0 radical (unpaired) electrons. The van der Waals surface area contributed by atoms with E-state index >= 15 is 0 Å². The molecule has 25 heavy (non-hydrogen) atoms. The lowest BCUT2D eigenvalue weighted by molar-refractivity contribution is -0.384. The van der Waals surface area contributed by atoms with Crippen molar-refractivity contribution in [1.29, 1.82) is 0 Å². The number of nitro groups is 1. The van der Waals surface area contributed by atoms with Gasteiger partial charge in [-0.3, -0.25) is 10.1 Å². The molecule has 0 saturated carbocycles. The van der Waals surface area contributed by atoms with Crippen LogP contribution in [0.1, 0.15) is 24.0 Å². The Bertz CT molecular complexity index is 814. The van der Waals surface area contributed by atoms with Crippen LogP contribution in [-0.2, 0) is 12.8 Å². The lowest BCUT2D eigenvalue weighted by Crippen LogP contribution is -2.15. The van der Waals surface area contributed by atoms with Gasteiger partial charge in [0, 0.05) is 37.5 Å². The largest absolute Gasteiger partial charge is 0.454 e. The number of rotatable bonds is 4. The van der Waals surface area contributed by atoms with Gasteiger partial charge in [0.2, 0.25) is 0 Å². The van der Waals surface area contributed by atoms with Crippen molar-refractivity contribution in [3.05, 3.63) is 55.6 Å². The van der Waals surface area contributed by atoms with Gasteiger partial charge < -0.3 is 9.64 Å². The van der Waals surface area contributed by atoms with Gasteiger partial charge >= 0.3 is 0 Å². The summed E-state index contributed by atoms with van der Waals surface area (Å²) in [6.45, 7) is 0. The number of non-ortho nitro benzene ring substituents is 1. The number of fused-ring (bicyclic) bond motifs is 1. The van der Waals surface area contributed by atoms with Crippen molar-refractivity contribution in [2.24, 2.45) is 0 Å². The van der Waals surface area contributed by atoms with E-state index in [9.17, 15) is 10.1 Å². The predicted octanol–water partition coefficient (Wildman–Crippen LogP) is 5.64. The van der Waals surface area contributed by atoms with Crippen LogP contribution in [-0.4, -0.2) is 19.0 Å². The zero-order valence-electron chi connectivity index (χ0n) is 14.0. The number of anilines is 1. The average Bonchev–Trinajstić information content (AvgIpc) is 2.57. The molecule has 2 aromatic rings. The molecule has 0 heterocycles. The third kappa shape index (κ3) is 3.53. The van der Waals surface area contributed by atoms with Crippen molar-refractivity contribution >= 4 is 34.6 Å². The SMILES string of the molecule is CN(C)c1ccc(Oc2c(Cl)cc([N+](=O)[O-])cc2Cl)c2c1CCCC2. The van der Waals surface area contributed by atoms with Gasteiger partial charge in [0.05, 0.1) is 15.0 Å². The van der Waals surface area contributed by atoms with Crippen LogP contribution < -0.4 is 9.64 Å². The number of benzene rings is 2. The molecule has 1 aliphatic rings. The van der Waals surface area contributed by atoms with Crippen LogP contribution in [0, 0.1) is 10.1 Å². The number of hydrogen-bond donors (Lipinski definition) is 0. The Kier molecular flexibility index (Phi) is 5.06. The maximum absolute atomic E-state index is 10.9. The maximum atomic E-state index is 10.9. The zero-order valence-corrected chi connectivity index (χ0v) is 15.5. The van der Waals surface area contributed by atoms with E-state index in [1.165, 1.54) is 23.4 Å². The molecule has 0 saturated heterocycles. The summed E-state index contributed by atoms with van der Waals surface area (Å²) in [4.78, 5) is 12.5. The average molecular weight is 381 g/mol. The molecule has 0 fully saturated rings. The summed E-state index contributed by atoms with van der Waals surface area (Å²) in [5, 5.41) is 11.2. The maximum Gasteiger partial charge on any atom is 0.272 e. The second-order valence-corrected chi connectivity index (χ2v) is 7.05. The van der Waals surface area contributed by atoms with E-state index in [2.05, 4.69) is 4.90 Å². The highest BCUT2D eigenvalue weighted by Crippen LogP contribution is 2.43. The van der Waals surface area contributed by atoms with Gasteiger partial charge in [0.1, 0.15) is 5.75 Å². The summed E-state index contributed by atoms with van der Waals surface area (Å²) in [6.07, 6.45) is 4.18. The van der Waals surface area contributed by atoms with Crippen LogP contribution in [0.15, 0.2) is 24.3 Å². The second-order valence-electron chi connectivity index (χ2n) is 6.24. The lowest BCUT2D eigenvalue weighted by atomic mass is 9.89. The molecule has 0 unspecified atom stereocenters. The fourth-order valence-electron chi connectivity index (χ4n) is 3.19. The van der Waals surface area contributed by atoms with E-state index in [1.807, 2.05) is 26.2 Å². The first-order valence-electron chi connectivity index (χ1n) is 8.02. The summed E-state index contributed by atoms with van der Waals surface area (Å²) >= 11 is 12.3. The lowest BCUT2D eigenvalue weighted by Gasteiger charge is -2.26. The van der Waals surface area contributed by atoms with Crippen LogP contribution in [0.4, 0.5) is 11.4 Å². The molecule has 132 valence electrons. The molecule has 0 aromatic heterocycles. The van der Waals surface area contributed by atoms with E-state index < -0.39 is 4.92 Å². The molecule has 3 rings (SSSR count). The molecule has 5 nitrogen and oxygen atoms in total. The number of nitrogens with zero attached hydrogens (tertiary/aromatic N) is 2. The summed E-state index contributed by atoms with van der Waals surface area (Å²) in [5.74, 6) is 0.956. The highest BCUT2D eigenvalue weighted by molar-refractivity contribution is 6.37. The molecule has 0 amide bonds. The van der Waals surface area contributed by atoms with Crippen LogP contribution in [0.5, 0.6) is 11.5 Å². The minimum Gasteiger partial charge on any atom is -0.454 e. The van der Waals surface area contributed by atoms with Gasteiger partial charge in [-0.15, -0.1) is 0 Å². The molecule has 7 heteroatoms. The first kappa shape index (κ1) is 17.8. The minimum absolute atomic E-state index is 0.125. The van der Waals surface area contributed by atoms with Crippen LogP contribution in [0.2, 0.25) is 10.0 Å². The molecule has 0 atom stereocenters. The number of halogens is 2. The highest BCUT2D eigenvalue weighted by Gasteiger charge is 2.22. The van der Waals surface area contributed by atoms with E-state index in [1.54, 1.807) is 0 Å². The van der Waals surface area contributed by atoms with Gasteiger partial charge in [-0.2, -0.15) is 0 Å². The van der Waals surface area contributed by atoms with Crippen molar-refractivity contribution < 1.29 is 9.66 Å². The van der Waals surface area contributed by atoms with Crippen LogP contribution in [0.3, 0.4) is 0 Å². The first-order valence-corrected chi connectivity index (χ1v) is 8.77. The Hall–Kier alpha value is -1.98. The summed E-state index contributed by atoms with van der Waals surface area (Å²) in [7, 11) is 4.05. The smallest absolute Gasteiger partial charge is 0.272 e. The molecule has 0 N–H and O–H groups in total. The molecular weight excluding hydrogens is 363 g/mol. The van der Waals surface area contributed by atoms with Gasteiger partial charge in [-0.05, 0) is 43.4 Å². The van der Waals surface area contributed by atoms with Crippen molar-refractivity contribution in [3.8, 4) is 11.5 Å². The van der Waals surface area contributed by atoms with Crippen molar-refractivity contribution in [3.63, 3.8) is 0 Å². The molecule has 2 aromatic carbocycles. The zero-order chi connectivity index (χ0) is 18.1. The van der Waals surface area contributed by atoms with E-state index in [-0.39, 0.29) is 21.5 Å². The predicted molar refractivity (Wildman–Crippen MR) is 101 cm³/mol. The van der Waals surface area contributed by atoms with Gasteiger partial charge in [0.25, 0.3) is 5.69 Å². The van der Waals surface area contributed by atoms with Crippen molar-refractivity contribution in [2.45, 2.75) is 25.7 Å². The Morgan fingerprint density at radius 2 is 1.68 bits per heavy atom. The standard InChI is InChI=1S/C18H18Cl2N2O3/c1-21(2)16-7-8-17(13-6-4-3-5-12(13)16)25-18-14(19)9-11(22(23)24)10-15(18)20/h7-10H,3-6H2,1-2H3. The molecule has 0 bridgehead atoms. The molecular formula is C18H18Cl2N2O3. The molecule has 0 aliphatic heterocycles. The van der Waals surface area contributed by atoms with Gasteiger partial charge in [0.15, 0.2) is 5.75 Å².